The quantitative estimate of drug-likeness (QED) is 0.532. The van der Waals surface area contributed by atoms with Crippen LogP contribution < -0.4 is 5.32 Å². The van der Waals surface area contributed by atoms with E-state index in [4.69, 9.17) is 0 Å². The van der Waals surface area contributed by atoms with E-state index in [1.165, 1.54) is 33.3 Å². The molecule has 5 nitrogen and oxygen atoms in total. The number of para-hydroxylation sites is 1. The molecule has 2 amide bonds. The topological polar surface area (TPSA) is 50.2 Å². The molecule has 3 heterocycles. The Morgan fingerprint density at radius 2 is 1.77 bits per heavy atom. The highest BCUT2D eigenvalue weighted by Gasteiger charge is 2.26. The number of carbonyl (C=O) groups excluding carboxylic acids is 1. The van der Waals surface area contributed by atoms with Crippen LogP contribution in [0.2, 0.25) is 0 Å². The van der Waals surface area contributed by atoms with E-state index in [0.29, 0.717) is 13.1 Å². The largest absolute Gasteiger partial charge is 0.340 e. The predicted octanol–water partition coefficient (Wildman–Crippen LogP) is 4.66. The average molecular weight is 411 g/mol. The fourth-order valence-electron chi connectivity index (χ4n) is 4.42. The number of nitrogens with one attached hydrogen (secondary N) is 1. The lowest BCUT2D eigenvalue weighted by Gasteiger charge is -2.28. The van der Waals surface area contributed by atoms with Gasteiger partial charge in [0.25, 0.3) is 0 Å². The maximum atomic E-state index is 12.9. The molecule has 5 heteroatoms. The van der Waals surface area contributed by atoms with Gasteiger partial charge in [0.05, 0.1) is 0 Å². The number of rotatable bonds is 4. The number of pyridine rings is 1. The van der Waals surface area contributed by atoms with Crippen LogP contribution in [0.4, 0.5) is 4.79 Å². The minimum absolute atomic E-state index is 0.00260. The number of carbonyl (C=O) groups is 1. The first kappa shape index (κ1) is 19.4. The fourth-order valence-corrected chi connectivity index (χ4v) is 4.42. The molecule has 1 aliphatic rings. The maximum absolute atomic E-state index is 12.9. The number of aromatic nitrogens is 2. The summed E-state index contributed by atoms with van der Waals surface area (Å²) in [5.41, 5.74) is 7.40. The third-order valence-corrected chi connectivity index (χ3v) is 6.10. The highest BCUT2D eigenvalue weighted by Crippen LogP contribution is 2.31. The van der Waals surface area contributed by atoms with E-state index in [2.05, 4.69) is 82.5 Å². The number of benzene rings is 2. The Hall–Kier alpha value is -3.60. The molecule has 0 unspecified atom stereocenters. The monoisotopic (exact) mass is 410 g/mol. The van der Waals surface area contributed by atoms with Gasteiger partial charge in [0.1, 0.15) is 0 Å². The zero-order chi connectivity index (χ0) is 21.2. The van der Waals surface area contributed by atoms with Crippen molar-refractivity contribution in [1.29, 1.82) is 0 Å². The summed E-state index contributed by atoms with van der Waals surface area (Å²) in [6.07, 6.45) is 4.54. The Kier molecular flexibility index (Phi) is 5.16. The second kappa shape index (κ2) is 8.26. The molecule has 4 aromatic rings. The number of urea groups is 1. The van der Waals surface area contributed by atoms with Crippen LogP contribution in [0, 0.1) is 6.92 Å². The SMILES string of the molecule is Cc1ccc(CNC(=O)N2CCc3c(c4ccccc4n3Cc3ccncc3)C2)cc1. The lowest BCUT2D eigenvalue weighted by Crippen LogP contribution is -2.42. The van der Waals surface area contributed by atoms with Crippen LogP contribution in [0.15, 0.2) is 73.1 Å². The second-order valence-corrected chi connectivity index (χ2v) is 8.20. The summed E-state index contributed by atoms with van der Waals surface area (Å²) in [6, 6.07) is 20.9. The average Bonchev–Trinajstić information content (AvgIpc) is 3.12. The zero-order valence-electron chi connectivity index (χ0n) is 17.7. The van der Waals surface area contributed by atoms with E-state index in [9.17, 15) is 4.79 Å². The van der Waals surface area contributed by atoms with Crippen molar-refractivity contribution < 1.29 is 4.79 Å². The minimum Gasteiger partial charge on any atom is -0.340 e. The first-order chi connectivity index (χ1) is 15.2. The van der Waals surface area contributed by atoms with Crippen LogP contribution in [0.3, 0.4) is 0 Å². The number of fused-ring (bicyclic) bond motifs is 3. The van der Waals surface area contributed by atoms with Gasteiger partial charge in [-0.25, -0.2) is 4.79 Å². The summed E-state index contributed by atoms with van der Waals surface area (Å²) in [5, 5.41) is 4.33. The van der Waals surface area contributed by atoms with Gasteiger partial charge in [-0.1, -0.05) is 48.0 Å². The van der Waals surface area contributed by atoms with Crippen molar-refractivity contribution in [2.45, 2.75) is 33.0 Å². The van der Waals surface area contributed by atoms with E-state index < -0.39 is 0 Å². The van der Waals surface area contributed by atoms with E-state index in [-0.39, 0.29) is 6.03 Å². The first-order valence-electron chi connectivity index (χ1n) is 10.8. The van der Waals surface area contributed by atoms with E-state index in [1.54, 1.807) is 0 Å². The summed E-state index contributed by atoms with van der Waals surface area (Å²) >= 11 is 0. The van der Waals surface area contributed by atoms with Crippen LogP contribution in [-0.4, -0.2) is 27.0 Å². The number of amides is 2. The van der Waals surface area contributed by atoms with Crippen LogP contribution in [0.25, 0.3) is 10.9 Å². The molecule has 0 radical (unpaired) electrons. The van der Waals surface area contributed by atoms with Crippen molar-refractivity contribution >= 4 is 16.9 Å². The Labute approximate surface area is 182 Å². The van der Waals surface area contributed by atoms with Gasteiger partial charge in [-0.2, -0.15) is 0 Å². The van der Waals surface area contributed by atoms with Gasteiger partial charge in [-0.15, -0.1) is 0 Å². The van der Waals surface area contributed by atoms with Crippen molar-refractivity contribution in [2.75, 3.05) is 6.54 Å². The molecule has 0 saturated heterocycles. The summed E-state index contributed by atoms with van der Waals surface area (Å²) in [5.74, 6) is 0. The molecule has 0 spiro atoms. The molecule has 156 valence electrons. The molecule has 1 N–H and O–H groups in total. The van der Waals surface area contributed by atoms with E-state index in [0.717, 1.165) is 25.1 Å². The number of nitrogens with zero attached hydrogens (tertiary/aromatic N) is 3. The second-order valence-electron chi connectivity index (χ2n) is 8.20. The Bertz CT molecular complexity index is 1210. The zero-order valence-corrected chi connectivity index (χ0v) is 17.7. The molecule has 0 atom stereocenters. The lowest BCUT2D eigenvalue weighted by atomic mass is 10.0. The molecule has 31 heavy (non-hydrogen) atoms. The van der Waals surface area contributed by atoms with Gasteiger partial charge in [-0.05, 0) is 36.2 Å². The van der Waals surface area contributed by atoms with Gasteiger partial charge < -0.3 is 14.8 Å². The van der Waals surface area contributed by atoms with Crippen molar-refractivity contribution in [3.8, 4) is 0 Å². The Balaban J connectivity index is 1.37. The van der Waals surface area contributed by atoms with Crippen molar-refractivity contribution in [2.24, 2.45) is 0 Å². The van der Waals surface area contributed by atoms with Crippen LogP contribution >= 0.6 is 0 Å². The lowest BCUT2D eigenvalue weighted by molar-refractivity contribution is 0.191. The highest BCUT2D eigenvalue weighted by atomic mass is 16.2. The summed E-state index contributed by atoms with van der Waals surface area (Å²) < 4.78 is 2.40. The Morgan fingerprint density at radius 3 is 2.58 bits per heavy atom. The fraction of sp³-hybridized carbons (Fsp3) is 0.231. The summed E-state index contributed by atoms with van der Waals surface area (Å²) in [6.45, 7) is 4.79. The molecular formula is C26H26N4O. The number of hydrogen-bond acceptors (Lipinski definition) is 2. The normalized spacial score (nSPS) is 13.3. The molecule has 0 fully saturated rings. The predicted molar refractivity (Wildman–Crippen MR) is 123 cm³/mol. The van der Waals surface area contributed by atoms with E-state index in [1.807, 2.05) is 17.3 Å². The third kappa shape index (κ3) is 3.91. The number of aryl methyl sites for hydroxylation is 1. The van der Waals surface area contributed by atoms with Gasteiger partial charge in [0.15, 0.2) is 0 Å². The summed E-state index contributed by atoms with van der Waals surface area (Å²) in [7, 11) is 0. The van der Waals surface area contributed by atoms with Crippen LogP contribution in [0.5, 0.6) is 0 Å². The summed E-state index contributed by atoms with van der Waals surface area (Å²) in [4.78, 5) is 19.0. The molecule has 0 bridgehead atoms. The van der Waals surface area contributed by atoms with Crippen molar-refractivity contribution in [3.63, 3.8) is 0 Å². The van der Waals surface area contributed by atoms with Crippen LogP contribution in [-0.2, 0) is 26.1 Å². The number of hydrogen-bond donors (Lipinski definition) is 1. The molecule has 0 aliphatic carbocycles. The third-order valence-electron chi connectivity index (χ3n) is 6.10. The van der Waals surface area contributed by atoms with Gasteiger partial charge in [0, 0.05) is 67.2 Å². The van der Waals surface area contributed by atoms with Crippen molar-refractivity contribution in [3.05, 3.63) is 101 Å². The standard InChI is InChI=1S/C26H26N4O/c1-19-6-8-20(9-7-19)16-28-26(31)29-15-12-25-23(18-29)22-4-2-3-5-24(22)30(25)17-21-10-13-27-14-11-21/h2-11,13-14H,12,15-18H2,1H3,(H,28,31). The van der Waals surface area contributed by atoms with Crippen molar-refractivity contribution in [1.82, 2.24) is 19.8 Å². The molecule has 0 saturated carbocycles. The van der Waals surface area contributed by atoms with E-state index >= 15 is 0 Å². The molecular weight excluding hydrogens is 384 g/mol. The molecule has 2 aromatic carbocycles. The minimum atomic E-state index is -0.00260. The first-order valence-corrected chi connectivity index (χ1v) is 10.8. The molecule has 2 aromatic heterocycles. The van der Waals surface area contributed by atoms with Gasteiger partial charge in [0.2, 0.25) is 0 Å². The molecule has 1 aliphatic heterocycles. The van der Waals surface area contributed by atoms with Crippen LogP contribution in [0.1, 0.15) is 27.9 Å². The smallest absolute Gasteiger partial charge is 0.317 e. The molecule has 5 rings (SSSR count). The Morgan fingerprint density at radius 1 is 1.00 bits per heavy atom. The maximum Gasteiger partial charge on any atom is 0.317 e. The van der Waals surface area contributed by atoms with Gasteiger partial charge in [-0.3, -0.25) is 4.98 Å². The highest BCUT2D eigenvalue weighted by molar-refractivity contribution is 5.87. The van der Waals surface area contributed by atoms with Gasteiger partial charge >= 0.3 is 6.03 Å².